The van der Waals surface area contributed by atoms with E-state index in [1.54, 1.807) is 7.11 Å². The Kier molecular flexibility index (Phi) is 6.15. The average molecular weight is 280 g/mol. The molecule has 1 aliphatic heterocycles. The molecule has 0 radical (unpaired) electrons. The summed E-state index contributed by atoms with van der Waals surface area (Å²) in [6, 6.07) is 0. The quantitative estimate of drug-likeness (QED) is 0.530. The molecule has 1 rings (SSSR count). The van der Waals surface area contributed by atoms with Crippen LogP contribution in [0.3, 0.4) is 0 Å². The Morgan fingerprint density at radius 1 is 1.47 bits per heavy atom. The lowest BCUT2D eigenvalue weighted by Gasteiger charge is -2.13. The smallest absolute Gasteiger partial charge is 0.166 e. The Labute approximate surface area is 108 Å². The van der Waals surface area contributed by atoms with Crippen molar-refractivity contribution in [3.05, 3.63) is 0 Å². The van der Waals surface area contributed by atoms with Crippen LogP contribution in [0.25, 0.3) is 0 Å². The highest BCUT2D eigenvalue weighted by Crippen LogP contribution is 2.18. The number of methoxy groups -OCH3 is 1. The zero-order valence-corrected chi connectivity index (χ0v) is 11.7. The summed E-state index contributed by atoms with van der Waals surface area (Å²) in [5.41, 5.74) is 0. The van der Waals surface area contributed by atoms with Crippen LogP contribution in [0, 0.1) is 0 Å². The van der Waals surface area contributed by atoms with Crippen molar-refractivity contribution in [3.63, 3.8) is 0 Å². The maximum Gasteiger partial charge on any atom is 0.166 e. The Morgan fingerprint density at radius 2 is 2.24 bits per heavy atom. The first-order chi connectivity index (χ1) is 8.06. The van der Waals surface area contributed by atoms with E-state index in [0.717, 1.165) is 25.8 Å². The van der Waals surface area contributed by atoms with Gasteiger partial charge in [0.15, 0.2) is 14.9 Å². The van der Waals surface area contributed by atoms with Crippen LogP contribution in [-0.4, -0.2) is 51.3 Å². The van der Waals surface area contributed by atoms with Crippen molar-refractivity contribution >= 4 is 27.2 Å². The summed E-state index contributed by atoms with van der Waals surface area (Å²) in [6.07, 6.45) is 2.38. The lowest BCUT2D eigenvalue weighted by molar-refractivity contribution is 0.195. The number of thiocarbonyl (C=S) groups is 1. The molecule has 2 N–H and O–H groups in total. The van der Waals surface area contributed by atoms with Gasteiger partial charge in [-0.2, -0.15) is 0 Å². The van der Waals surface area contributed by atoms with Crippen LogP contribution in [0.5, 0.6) is 0 Å². The number of nitrogens with one attached hydrogen (secondary N) is 2. The first kappa shape index (κ1) is 14.7. The summed E-state index contributed by atoms with van der Waals surface area (Å²) in [5.74, 6) is 0.313. The second-order valence-corrected chi connectivity index (χ2v) is 6.92. The molecule has 1 fully saturated rings. The summed E-state index contributed by atoms with van der Waals surface area (Å²) in [4.78, 5) is 0. The molecule has 0 aromatic heterocycles. The predicted octanol–water partition coefficient (Wildman–Crippen LogP) is 0.0642. The molecule has 0 aromatic carbocycles. The molecular formula is C10H20N2O3S2. The highest BCUT2D eigenvalue weighted by Gasteiger charge is 2.30. The van der Waals surface area contributed by atoms with Gasteiger partial charge in [0.2, 0.25) is 0 Å². The minimum Gasteiger partial charge on any atom is -0.385 e. The summed E-state index contributed by atoms with van der Waals surface area (Å²) in [7, 11) is -1.23. The lowest BCUT2D eigenvalue weighted by atomic mass is 10.2. The van der Waals surface area contributed by atoms with Crippen LogP contribution in [0.2, 0.25) is 0 Å². The van der Waals surface area contributed by atoms with Crippen LogP contribution in [0.1, 0.15) is 19.3 Å². The van der Waals surface area contributed by atoms with Crippen molar-refractivity contribution in [2.24, 2.45) is 0 Å². The fourth-order valence-electron chi connectivity index (χ4n) is 1.77. The van der Waals surface area contributed by atoms with E-state index in [0.29, 0.717) is 24.0 Å². The molecule has 0 aliphatic carbocycles. The number of sulfone groups is 1. The summed E-state index contributed by atoms with van der Waals surface area (Å²) < 4.78 is 28.0. The van der Waals surface area contributed by atoms with E-state index in [2.05, 4.69) is 10.6 Å². The number of hydrogen-bond acceptors (Lipinski definition) is 4. The Bertz CT molecular complexity index is 343. The summed E-state index contributed by atoms with van der Waals surface area (Å²) >= 11 is 5.06. The molecule has 0 amide bonds. The van der Waals surface area contributed by atoms with E-state index >= 15 is 0 Å². The molecule has 1 atom stereocenters. The third kappa shape index (κ3) is 5.18. The van der Waals surface area contributed by atoms with E-state index in [-0.39, 0.29) is 5.25 Å². The minimum atomic E-state index is -2.88. The molecular weight excluding hydrogens is 260 g/mol. The third-order valence-electron chi connectivity index (χ3n) is 2.76. The third-order valence-corrected chi connectivity index (χ3v) is 5.33. The molecule has 1 aliphatic rings. The molecule has 0 spiro atoms. The monoisotopic (exact) mass is 280 g/mol. The van der Waals surface area contributed by atoms with Crippen LogP contribution in [0.15, 0.2) is 0 Å². The second kappa shape index (κ2) is 7.13. The molecule has 1 heterocycles. The Morgan fingerprint density at radius 3 is 2.82 bits per heavy atom. The van der Waals surface area contributed by atoms with Crippen LogP contribution >= 0.6 is 12.2 Å². The normalized spacial score (nSPS) is 22.3. The topological polar surface area (TPSA) is 67.4 Å². The van der Waals surface area contributed by atoms with Gasteiger partial charge >= 0.3 is 0 Å². The standard InChI is InChI=1S/C10H20N2O3S2/c1-15-6-3-5-11-10(16)12-8-9-4-2-7-17(9,13)14/h9H,2-8H2,1H3,(H2,11,12,16). The summed E-state index contributed by atoms with van der Waals surface area (Å²) in [6.45, 7) is 1.84. The SMILES string of the molecule is COCCCNC(=S)NCC1CCCS1(=O)=O. The van der Waals surface area contributed by atoms with Gasteiger partial charge in [0, 0.05) is 26.8 Å². The van der Waals surface area contributed by atoms with Gasteiger partial charge in [-0.15, -0.1) is 0 Å². The van der Waals surface area contributed by atoms with E-state index in [1.807, 2.05) is 0 Å². The number of hydrogen-bond donors (Lipinski definition) is 2. The Balaban J connectivity index is 2.15. The molecule has 100 valence electrons. The fraction of sp³-hybridized carbons (Fsp3) is 0.900. The average Bonchev–Trinajstić information content (AvgIpc) is 2.61. The lowest BCUT2D eigenvalue weighted by Crippen LogP contribution is -2.41. The largest absolute Gasteiger partial charge is 0.385 e. The molecule has 1 unspecified atom stereocenters. The molecule has 5 nitrogen and oxygen atoms in total. The van der Waals surface area contributed by atoms with Gasteiger partial charge in [-0.25, -0.2) is 8.42 Å². The molecule has 0 aromatic rings. The van der Waals surface area contributed by atoms with Crippen molar-refractivity contribution in [1.29, 1.82) is 0 Å². The van der Waals surface area contributed by atoms with Gasteiger partial charge in [-0.05, 0) is 31.5 Å². The van der Waals surface area contributed by atoms with Crippen LogP contribution < -0.4 is 10.6 Å². The zero-order valence-electron chi connectivity index (χ0n) is 10.1. The van der Waals surface area contributed by atoms with E-state index in [9.17, 15) is 8.42 Å². The van der Waals surface area contributed by atoms with Crippen molar-refractivity contribution in [2.45, 2.75) is 24.5 Å². The highest BCUT2D eigenvalue weighted by molar-refractivity contribution is 7.92. The van der Waals surface area contributed by atoms with E-state index in [4.69, 9.17) is 17.0 Å². The highest BCUT2D eigenvalue weighted by atomic mass is 32.2. The van der Waals surface area contributed by atoms with Gasteiger partial charge in [0.05, 0.1) is 11.0 Å². The van der Waals surface area contributed by atoms with Crippen molar-refractivity contribution in [2.75, 3.05) is 32.6 Å². The molecule has 0 bridgehead atoms. The predicted molar refractivity (Wildman–Crippen MR) is 71.9 cm³/mol. The Hall–Kier alpha value is -0.400. The van der Waals surface area contributed by atoms with E-state index < -0.39 is 9.84 Å². The maximum atomic E-state index is 11.6. The van der Waals surface area contributed by atoms with Gasteiger partial charge in [-0.1, -0.05) is 0 Å². The molecule has 0 saturated carbocycles. The zero-order chi connectivity index (χ0) is 12.7. The van der Waals surface area contributed by atoms with Gasteiger partial charge < -0.3 is 15.4 Å². The van der Waals surface area contributed by atoms with Crippen molar-refractivity contribution in [1.82, 2.24) is 10.6 Å². The van der Waals surface area contributed by atoms with Crippen LogP contribution in [-0.2, 0) is 14.6 Å². The molecule has 7 heteroatoms. The molecule has 1 saturated heterocycles. The van der Waals surface area contributed by atoms with Gasteiger partial charge in [0.1, 0.15) is 0 Å². The molecule has 17 heavy (non-hydrogen) atoms. The number of ether oxygens (including phenoxy) is 1. The first-order valence-corrected chi connectivity index (χ1v) is 7.91. The van der Waals surface area contributed by atoms with Crippen molar-refractivity contribution < 1.29 is 13.2 Å². The van der Waals surface area contributed by atoms with Gasteiger partial charge in [-0.3, -0.25) is 0 Å². The number of rotatable bonds is 6. The first-order valence-electron chi connectivity index (χ1n) is 5.78. The fourth-order valence-corrected chi connectivity index (χ4v) is 3.73. The minimum absolute atomic E-state index is 0.277. The van der Waals surface area contributed by atoms with Gasteiger partial charge in [0.25, 0.3) is 0 Å². The van der Waals surface area contributed by atoms with Crippen LogP contribution in [0.4, 0.5) is 0 Å². The van der Waals surface area contributed by atoms with E-state index in [1.165, 1.54) is 0 Å². The van der Waals surface area contributed by atoms with Crippen molar-refractivity contribution in [3.8, 4) is 0 Å². The second-order valence-electron chi connectivity index (χ2n) is 4.11. The maximum absolute atomic E-state index is 11.6. The summed E-state index contributed by atoms with van der Waals surface area (Å²) in [5, 5.41) is 6.21.